The molecule has 108 valence electrons. The summed E-state index contributed by atoms with van der Waals surface area (Å²) in [7, 11) is 0. The third-order valence-electron chi connectivity index (χ3n) is 3.95. The Bertz CT molecular complexity index is 388. The Labute approximate surface area is 116 Å². The lowest BCUT2D eigenvalue weighted by atomic mass is 9.97. The van der Waals surface area contributed by atoms with Gasteiger partial charge in [0.2, 0.25) is 5.89 Å². The minimum Gasteiger partial charge on any atom is -0.445 e. The van der Waals surface area contributed by atoms with Gasteiger partial charge in [-0.2, -0.15) is 0 Å². The minimum absolute atomic E-state index is 0.570. The average molecular weight is 265 g/mol. The van der Waals surface area contributed by atoms with Gasteiger partial charge in [-0.1, -0.05) is 27.2 Å². The van der Waals surface area contributed by atoms with E-state index in [-0.39, 0.29) is 0 Å². The number of hydrogen-bond donors (Lipinski definition) is 1. The Hall–Kier alpha value is -0.870. The highest BCUT2D eigenvalue weighted by Gasteiger charge is 2.30. The van der Waals surface area contributed by atoms with Crippen LogP contribution in [0.3, 0.4) is 0 Å². The van der Waals surface area contributed by atoms with E-state index < -0.39 is 0 Å². The molecule has 1 aromatic heterocycles. The van der Waals surface area contributed by atoms with Gasteiger partial charge in [0.1, 0.15) is 5.76 Å². The summed E-state index contributed by atoms with van der Waals surface area (Å²) in [5.41, 5.74) is 0. The van der Waals surface area contributed by atoms with Crippen molar-refractivity contribution in [3.8, 4) is 0 Å². The first-order valence-corrected chi connectivity index (χ1v) is 7.49. The predicted molar refractivity (Wildman–Crippen MR) is 77.0 cm³/mol. The van der Waals surface area contributed by atoms with E-state index in [2.05, 4.69) is 36.0 Å². The summed E-state index contributed by atoms with van der Waals surface area (Å²) >= 11 is 0. The van der Waals surface area contributed by atoms with Crippen LogP contribution in [0.4, 0.5) is 0 Å². The first-order chi connectivity index (χ1) is 9.10. The average Bonchev–Trinajstić information content (AvgIpc) is 2.75. The van der Waals surface area contributed by atoms with Crippen LogP contribution in [-0.2, 0) is 6.54 Å². The molecule has 0 radical (unpaired) electrons. The maximum atomic E-state index is 5.64. The molecule has 1 N–H and O–H groups in total. The van der Waals surface area contributed by atoms with E-state index in [9.17, 15) is 0 Å². The molecular formula is C15H27N3O. The van der Waals surface area contributed by atoms with Crippen molar-refractivity contribution in [2.75, 3.05) is 13.1 Å². The molecule has 2 unspecified atom stereocenters. The number of aryl methyl sites for hydroxylation is 1. The highest BCUT2D eigenvalue weighted by molar-refractivity contribution is 4.94. The Morgan fingerprint density at radius 1 is 1.53 bits per heavy atom. The lowest BCUT2D eigenvalue weighted by Crippen LogP contribution is -2.57. The Kier molecular flexibility index (Phi) is 4.99. The SMILES string of the molecule is CCCC1CN(Cc2ncc(C)o2)C(C(C)C)CN1. The summed E-state index contributed by atoms with van der Waals surface area (Å²) in [5.74, 6) is 2.39. The number of nitrogens with one attached hydrogen (secondary N) is 1. The molecule has 0 aromatic carbocycles. The second-order valence-corrected chi connectivity index (χ2v) is 6.00. The molecule has 2 heterocycles. The fourth-order valence-electron chi connectivity index (χ4n) is 2.93. The molecule has 0 saturated carbocycles. The standard InChI is InChI=1S/C15H27N3O/c1-5-6-13-9-18(14(8-16-13)11(2)3)10-15-17-7-12(4)19-15/h7,11,13-14,16H,5-6,8-10H2,1-4H3. The maximum absolute atomic E-state index is 5.64. The summed E-state index contributed by atoms with van der Waals surface area (Å²) in [6.07, 6.45) is 4.29. The molecule has 1 fully saturated rings. The molecule has 0 bridgehead atoms. The molecule has 1 saturated heterocycles. The van der Waals surface area contributed by atoms with Crippen molar-refractivity contribution in [3.63, 3.8) is 0 Å². The quantitative estimate of drug-likeness (QED) is 0.888. The van der Waals surface area contributed by atoms with Crippen LogP contribution in [0.5, 0.6) is 0 Å². The number of nitrogens with zero attached hydrogens (tertiary/aromatic N) is 2. The van der Waals surface area contributed by atoms with Crippen LogP contribution in [0, 0.1) is 12.8 Å². The van der Waals surface area contributed by atoms with Crippen molar-refractivity contribution in [1.29, 1.82) is 0 Å². The monoisotopic (exact) mass is 265 g/mol. The maximum Gasteiger partial charge on any atom is 0.208 e. The van der Waals surface area contributed by atoms with Gasteiger partial charge in [-0.05, 0) is 19.3 Å². The van der Waals surface area contributed by atoms with Crippen molar-refractivity contribution in [2.24, 2.45) is 5.92 Å². The van der Waals surface area contributed by atoms with Crippen molar-refractivity contribution < 1.29 is 4.42 Å². The summed E-state index contributed by atoms with van der Waals surface area (Å²) in [4.78, 5) is 6.88. The molecular weight excluding hydrogens is 238 g/mol. The van der Waals surface area contributed by atoms with Gasteiger partial charge in [-0.15, -0.1) is 0 Å². The first kappa shape index (κ1) is 14.5. The van der Waals surface area contributed by atoms with E-state index in [1.807, 2.05) is 13.1 Å². The number of piperazine rings is 1. The lowest BCUT2D eigenvalue weighted by molar-refractivity contribution is 0.0797. The molecule has 0 spiro atoms. The molecule has 1 aromatic rings. The Morgan fingerprint density at radius 2 is 2.32 bits per heavy atom. The summed E-state index contributed by atoms with van der Waals surface area (Å²) < 4.78 is 5.64. The fourth-order valence-corrected chi connectivity index (χ4v) is 2.93. The van der Waals surface area contributed by atoms with E-state index in [4.69, 9.17) is 4.42 Å². The zero-order valence-corrected chi connectivity index (χ0v) is 12.6. The Balaban J connectivity index is 2.02. The fraction of sp³-hybridized carbons (Fsp3) is 0.800. The largest absolute Gasteiger partial charge is 0.445 e. The first-order valence-electron chi connectivity index (χ1n) is 7.49. The van der Waals surface area contributed by atoms with Crippen LogP contribution < -0.4 is 5.32 Å². The second kappa shape index (κ2) is 6.53. The van der Waals surface area contributed by atoms with E-state index in [0.717, 1.165) is 31.3 Å². The molecule has 0 amide bonds. The van der Waals surface area contributed by atoms with Gasteiger partial charge in [0.25, 0.3) is 0 Å². The van der Waals surface area contributed by atoms with Gasteiger partial charge >= 0.3 is 0 Å². The van der Waals surface area contributed by atoms with Gasteiger partial charge in [0.15, 0.2) is 0 Å². The van der Waals surface area contributed by atoms with Crippen molar-refractivity contribution in [3.05, 3.63) is 17.8 Å². The van der Waals surface area contributed by atoms with Crippen LogP contribution in [-0.4, -0.2) is 35.1 Å². The van der Waals surface area contributed by atoms with Crippen LogP contribution in [0.25, 0.3) is 0 Å². The third kappa shape index (κ3) is 3.80. The van der Waals surface area contributed by atoms with Crippen molar-refractivity contribution in [2.45, 2.75) is 59.2 Å². The normalized spacial score (nSPS) is 25.1. The predicted octanol–water partition coefficient (Wildman–Crippen LogP) is 2.58. The molecule has 1 aliphatic rings. The number of aromatic nitrogens is 1. The molecule has 1 aliphatic heterocycles. The number of rotatable bonds is 5. The van der Waals surface area contributed by atoms with Crippen LogP contribution in [0.1, 0.15) is 45.3 Å². The number of oxazole rings is 1. The molecule has 4 nitrogen and oxygen atoms in total. The third-order valence-corrected chi connectivity index (χ3v) is 3.95. The van der Waals surface area contributed by atoms with E-state index in [1.54, 1.807) is 0 Å². The van der Waals surface area contributed by atoms with Gasteiger partial charge < -0.3 is 9.73 Å². The van der Waals surface area contributed by atoms with Crippen molar-refractivity contribution >= 4 is 0 Å². The molecule has 2 atom stereocenters. The molecule has 2 rings (SSSR count). The van der Waals surface area contributed by atoms with Crippen molar-refractivity contribution in [1.82, 2.24) is 15.2 Å². The zero-order chi connectivity index (χ0) is 13.8. The van der Waals surface area contributed by atoms with E-state index >= 15 is 0 Å². The zero-order valence-electron chi connectivity index (χ0n) is 12.6. The Morgan fingerprint density at radius 3 is 2.89 bits per heavy atom. The number of hydrogen-bond acceptors (Lipinski definition) is 4. The summed E-state index contributed by atoms with van der Waals surface area (Å²) in [5, 5.41) is 3.68. The van der Waals surface area contributed by atoms with Gasteiger partial charge in [0.05, 0.1) is 12.7 Å². The lowest BCUT2D eigenvalue weighted by Gasteiger charge is -2.41. The summed E-state index contributed by atoms with van der Waals surface area (Å²) in [6, 6.07) is 1.18. The van der Waals surface area contributed by atoms with E-state index in [0.29, 0.717) is 18.0 Å². The van der Waals surface area contributed by atoms with Crippen LogP contribution >= 0.6 is 0 Å². The smallest absolute Gasteiger partial charge is 0.208 e. The highest BCUT2D eigenvalue weighted by Crippen LogP contribution is 2.19. The van der Waals surface area contributed by atoms with Crippen LogP contribution in [0.2, 0.25) is 0 Å². The van der Waals surface area contributed by atoms with Gasteiger partial charge in [0, 0.05) is 25.2 Å². The highest BCUT2D eigenvalue weighted by atomic mass is 16.4. The minimum atomic E-state index is 0.570. The van der Waals surface area contributed by atoms with E-state index in [1.165, 1.54) is 12.8 Å². The molecule has 0 aliphatic carbocycles. The van der Waals surface area contributed by atoms with Gasteiger partial charge in [-0.3, -0.25) is 4.90 Å². The second-order valence-electron chi connectivity index (χ2n) is 6.00. The topological polar surface area (TPSA) is 41.3 Å². The van der Waals surface area contributed by atoms with Gasteiger partial charge in [-0.25, -0.2) is 4.98 Å². The molecule has 4 heteroatoms. The summed E-state index contributed by atoms with van der Waals surface area (Å²) in [6.45, 7) is 11.8. The molecule has 19 heavy (non-hydrogen) atoms. The van der Waals surface area contributed by atoms with Crippen LogP contribution in [0.15, 0.2) is 10.6 Å².